The molecule has 5 heteroatoms. The average Bonchev–Trinajstić information content (AvgIpc) is 3.30. The largest absolute Gasteiger partial charge is 0.368 e. The van der Waals surface area contributed by atoms with Gasteiger partial charge in [0.25, 0.3) is 0 Å². The molecule has 26 heavy (non-hydrogen) atoms. The molecular formula is C21H23N3O2. The zero-order valence-electron chi connectivity index (χ0n) is 14.9. The summed E-state index contributed by atoms with van der Waals surface area (Å²) in [6.45, 7) is 3.93. The molecule has 1 atom stereocenters. The minimum absolute atomic E-state index is 0.0444. The van der Waals surface area contributed by atoms with E-state index >= 15 is 0 Å². The molecule has 0 spiro atoms. The highest BCUT2D eigenvalue weighted by molar-refractivity contribution is 5.81. The first-order valence-corrected chi connectivity index (χ1v) is 9.10. The number of nitrogens with one attached hydrogen (secondary N) is 1. The molecule has 1 aromatic heterocycles. The standard InChI is InChI=1S/C21H23N3O2/c1-15-7-2-3-8-16(15)14-24-18-10-5-4-9-17(18)23-20(24)13-22-21(25)19-11-6-12-26-19/h2-5,7-10,19H,6,11-14H2,1H3,(H,22,25). The lowest BCUT2D eigenvalue weighted by Crippen LogP contribution is -2.34. The van der Waals surface area contributed by atoms with Crippen LogP contribution in [0.15, 0.2) is 48.5 Å². The predicted octanol–water partition coefficient (Wildman–Crippen LogP) is 3.19. The van der Waals surface area contributed by atoms with E-state index in [0.717, 1.165) is 36.2 Å². The molecule has 0 aliphatic carbocycles. The van der Waals surface area contributed by atoms with Gasteiger partial charge in [-0.2, -0.15) is 0 Å². The van der Waals surface area contributed by atoms with Gasteiger partial charge in [0.05, 0.1) is 17.6 Å². The molecule has 2 heterocycles. The first-order valence-electron chi connectivity index (χ1n) is 9.10. The molecule has 2 aromatic carbocycles. The van der Waals surface area contributed by atoms with Crippen molar-refractivity contribution in [2.75, 3.05) is 6.61 Å². The summed E-state index contributed by atoms with van der Waals surface area (Å²) in [6.07, 6.45) is 1.43. The number of amides is 1. The van der Waals surface area contributed by atoms with E-state index in [0.29, 0.717) is 13.2 Å². The van der Waals surface area contributed by atoms with Crippen molar-refractivity contribution in [1.82, 2.24) is 14.9 Å². The Balaban J connectivity index is 1.61. The second kappa shape index (κ2) is 7.30. The van der Waals surface area contributed by atoms with Crippen LogP contribution in [0, 0.1) is 6.92 Å². The van der Waals surface area contributed by atoms with Crippen molar-refractivity contribution < 1.29 is 9.53 Å². The molecule has 5 nitrogen and oxygen atoms in total. The van der Waals surface area contributed by atoms with Gasteiger partial charge in [-0.15, -0.1) is 0 Å². The Kier molecular flexibility index (Phi) is 4.71. The summed E-state index contributed by atoms with van der Waals surface area (Å²) in [5, 5.41) is 3.00. The van der Waals surface area contributed by atoms with Gasteiger partial charge in [0.2, 0.25) is 5.91 Å². The molecule has 0 bridgehead atoms. The van der Waals surface area contributed by atoms with E-state index in [2.05, 4.69) is 41.1 Å². The third kappa shape index (κ3) is 3.35. The average molecular weight is 349 g/mol. The predicted molar refractivity (Wildman–Crippen MR) is 101 cm³/mol. The van der Waals surface area contributed by atoms with Crippen molar-refractivity contribution >= 4 is 16.9 Å². The summed E-state index contributed by atoms with van der Waals surface area (Å²) in [6, 6.07) is 16.5. The van der Waals surface area contributed by atoms with Crippen LogP contribution in [-0.4, -0.2) is 28.2 Å². The number of fused-ring (bicyclic) bond motifs is 1. The molecular weight excluding hydrogens is 326 g/mol. The number of ether oxygens (including phenoxy) is 1. The van der Waals surface area contributed by atoms with E-state index in [1.54, 1.807) is 0 Å². The summed E-state index contributed by atoms with van der Waals surface area (Å²) in [5.74, 6) is 0.817. The Morgan fingerprint density at radius 3 is 2.85 bits per heavy atom. The van der Waals surface area contributed by atoms with Gasteiger partial charge in [0, 0.05) is 13.2 Å². The number of nitrogens with zero attached hydrogens (tertiary/aromatic N) is 2. The van der Waals surface area contributed by atoms with Gasteiger partial charge in [-0.25, -0.2) is 4.98 Å². The highest BCUT2D eigenvalue weighted by Crippen LogP contribution is 2.20. The third-order valence-corrected chi connectivity index (χ3v) is 4.97. The highest BCUT2D eigenvalue weighted by atomic mass is 16.5. The number of para-hydroxylation sites is 2. The van der Waals surface area contributed by atoms with E-state index in [1.807, 2.05) is 24.3 Å². The van der Waals surface area contributed by atoms with Crippen LogP contribution in [0.3, 0.4) is 0 Å². The zero-order valence-corrected chi connectivity index (χ0v) is 14.9. The maximum Gasteiger partial charge on any atom is 0.249 e. The van der Waals surface area contributed by atoms with Gasteiger partial charge in [0.15, 0.2) is 0 Å². The lowest BCUT2D eigenvalue weighted by molar-refractivity contribution is -0.130. The second-order valence-corrected chi connectivity index (χ2v) is 6.75. The van der Waals surface area contributed by atoms with Crippen molar-refractivity contribution in [3.8, 4) is 0 Å². The SMILES string of the molecule is Cc1ccccc1Cn1c(CNC(=O)C2CCCO2)nc2ccccc21. The smallest absolute Gasteiger partial charge is 0.249 e. The Morgan fingerprint density at radius 1 is 1.23 bits per heavy atom. The van der Waals surface area contributed by atoms with Crippen LogP contribution >= 0.6 is 0 Å². The summed E-state index contributed by atoms with van der Waals surface area (Å²) >= 11 is 0. The van der Waals surface area contributed by atoms with Crippen LogP contribution in [0.1, 0.15) is 29.8 Å². The number of benzene rings is 2. The number of imidazole rings is 1. The van der Waals surface area contributed by atoms with Crippen molar-refractivity contribution in [1.29, 1.82) is 0 Å². The minimum atomic E-state index is -0.316. The molecule has 0 saturated carbocycles. The van der Waals surface area contributed by atoms with Crippen LogP contribution in [-0.2, 0) is 22.6 Å². The zero-order chi connectivity index (χ0) is 17.9. The maximum atomic E-state index is 12.3. The highest BCUT2D eigenvalue weighted by Gasteiger charge is 2.23. The van der Waals surface area contributed by atoms with E-state index in [4.69, 9.17) is 9.72 Å². The number of aryl methyl sites for hydroxylation is 1. The Labute approximate surface area is 153 Å². The van der Waals surface area contributed by atoms with Crippen LogP contribution in [0.5, 0.6) is 0 Å². The molecule has 134 valence electrons. The fourth-order valence-electron chi connectivity index (χ4n) is 3.46. The molecule has 1 fully saturated rings. The van der Waals surface area contributed by atoms with Crippen LogP contribution in [0.4, 0.5) is 0 Å². The van der Waals surface area contributed by atoms with Crippen molar-refractivity contribution in [3.63, 3.8) is 0 Å². The van der Waals surface area contributed by atoms with Gasteiger partial charge >= 0.3 is 0 Å². The third-order valence-electron chi connectivity index (χ3n) is 4.97. The molecule has 1 amide bonds. The minimum Gasteiger partial charge on any atom is -0.368 e. The summed E-state index contributed by atoms with van der Waals surface area (Å²) in [4.78, 5) is 17.0. The Hall–Kier alpha value is -2.66. The number of rotatable bonds is 5. The van der Waals surface area contributed by atoms with Crippen molar-refractivity contribution in [2.24, 2.45) is 0 Å². The van der Waals surface area contributed by atoms with Crippen LogP contribution < -0.4 is 5.32 Å². The number of hydrogen-bond acceptors (Lipinski definition) is 3. The van der Waals surface area contributed by atoms with Crippen molar-refractivity contribution in [2.45, 2.75) is 39.0 Å². The summed E-state index contributed by atoms with van der Waals surface area (Å²) in [5.41, 5.74) is 4.53. The molecule has 3 aromatic rings. The number of aromatic nitrogens is 2. The molecule has 1 aliphatic rings. The van der Waals surface area contributed by atoms with Gasteiger partial charge in [-0.05, 0) is 43.0 Å². The summed E-state index contributed by atoms with van der Waals surface area (Å²) in [7, 11) is 0. The molecule has 4 rings (SSSR count). The first kappa shape index (κ1) is 16.8. The van der Waals surface area contributed by atoms with Gasteiger partial charge in [-0.1, -0.05) is 36.4 Å². The van der Waals surface area contributed by atoms with Crippen LogP contribution in [0.2, 0.25) is 0 Å². The normalized spacial score (nSPS) is 16.9. The fourth-order valence-corrected chi connectivity index (χ4v) is 3.46. The number of carbonyl (C=O) groups excluding carboxylic acids is 1. The van der Waals surface area contributed by atoms with Gasteiger partial charge in [-0.3, -0.25) is 4.79 Å². The van der Waals surface area contributed by atoms with E-state index in [1.165, 1.54) is 11.1 Å². The van der Waals surface area contributed by atoms with E-state index < -0.39 is 0 Å². The Bertz CT molecular complexity index is 926. The topological polar surface area (TPSA) is 56.2 Å². The Morgan fingerprint density at radius 2 is 2.04 bits per heavy atom. The van der Waals surface area contributed by atoms with E-state index in [-0.39, 0.29) is 12.0 Å². The van der Waals surface area contributed by atoms with Gasteiger partial charge in [0.1, 0.15) is 11.9 Å². The van der Waals surface area contributed by atoms with Crippen LogP contribution in [0.25, 0.3) is 11.0 Å². The second-order valence-electron chi connectivity index (χ2n) is 6.75. The van der Waals surface area contributed by atoms with E-state index in [9.17, 15) is 4.79 Å². The lowest BCUT2D eigenvalue weighted by Gasteiger charge is -2.13. The number of carbonyl (C=O) groups is 1. The number of hydrogen-bond donors (Lipinski definition) is 1. The molecule has 1 aliphatic heterocycles. The monoisotopic (exact) mass is 349 g/mol. The molecule has 0 radical (unpaired) electrons. The summed E-state index contributed by atoms with van der Waals surface area (Å²) < 4.78 is 7.65. The maximum absolute atomic E-state index is 12.3. The quantitative estimate of drug-likeness (QED) is 0.770. The first-order chi connectivity index (χ1) is 12.7. The molecule has 1 N–H and O–H groups in total. The van der Waals surface area contributed by atoms with Gasteiger partial charge < -0.3 is 14.6 Å². The molecule has 1 saturated heterocycles. The molecule has 1 unspecified atom stereocenters. The van der Waals surface area contributed by atoms with Crippen molar-refractivity contribution in [3.05, 3.63) is 65.5 Å². The fraction of sp³-hybridized carbons (Fsp3) is 0.333. The lowest BCUT2D eigenvalue weighted by atomic mass is 10.1.